The lowest BCUT2D eigenvalue weighted by Gasteiger charge is -2.31. The molecule has 36 heavy (non-hydrogen) atoms. The molecule has 2 aromatic rings. The highest BCUT2D eigenvalue weighted by atomic mass is 35.5. The predicted octanol–water partition coefficient (Wildman–Crippen LogP) is 3.24. The van der Waals surface area contributed by atoms with Gasteiger partial charge in [-0.2, -0.15) is 0 Å². The minimum Gasteiger partial charge on any atom is -0.370 e. The Bertz CT molecular complexity index is 1290. The number of carbonyl (C=O) groups is 2. The quantitative estimate of drug-likeness (QED) is 0.411. The van der Waals surface area contributed by atoms with Gasteiger partial charge < -0.3 is 16.0 Å². The van der Waals surface area contributed by atoms with Crippen molar-refractivity contribution in [1.82, 2.24) is 19.9 Å². The summed E-state index contributed by atoms with van der Waals surface area (Å²) < 4.78 is 27.2. The summed E-state index contributed by atoms with van der Waals surface area (Å²) in [6, 6.07) is 6.80. The monoisotopic (exact) mass is 551 g/mol. The van der Waals surface area contributed by atoms with E-state index in [1.54, 1.807) is 0 Å². The Hall–Kier alpha value is -2.82. The van der Waals surface area contributed by atoms with Crippen LogP contribution in [0.3, 0.4) is 0 Å². The second-order valence-corrected chi connectivity index (χ2v) is 11.3. The summed E-state index contributed by atoms with van der Waals surface area (Å²) >= 11 is 11.9. The maximum absolute atomic E-state index is 13.2. The number of carbonyl (C=O) groups excluding carboxylic acids is 2. The van der Waals surface area contributed by atoms with Crippen molar-refractivity contribution < 1.29 is 18.0 Å². The van der Waals surface area contributed by atoms with Crippen LogP contribution in [0, 0.1) is 0 Å². The Balaban J connectivity index is 1.30. The number of amides is 2. The molecule has 1 aromatic carbocycles. The van der Waals surface area contributed by atoms with Gasteiger partial charge >= 0.3 is 0 Å². The molecular weight excluding hydrogens is 525 g/mol. The zero-order valence-electron chi connectivity index (χ0n) is 19.5. The van der Waals surface area contributed by atoms with E-state index in [9.17, 15) is 18.0 Å². The van der Waals surface area contributed by atoms with E-state index in [0.717, 1.165) is 54.5 Å². The van der Waals surface area contributed by atoms with E-state index in [0.29, 0.717) is 6.54 Å². The first-order chi connectivity index (χ1) is 17.3. The van der Waals surface area contributed by atoms with Crippen molar-refractivity contribution in [2.75, 3.05) is 18.4 Å². The van der Waals surface area contributed by atoms with Crippen LogP contribution in [-0.2, 0) is 32.5 Å². The molecule has 192 valence electrons. The van der Waals surface area contributed by atoms with E-state index < -0.39 is 27.9 Å². The van der Waals surface area contributed by atoms with Gasteiger partial charge in [-0.05, 0) is 61.9 Å². The molecule has 2 aliphatic heterocycles. The minimum absolute atomic E-state index is 0.0688. The summed E-state index contributed by atoms with van der Waals surface area (Å²) in [6.45, 7) is 1.35. The number of nitrogens with one attached hydrogen (secondary N) is 3. The first kappa shape index (κ1) is 26.2. The Labute approximate surface area is 220 Å². The molecule has 0 fully saturated rings. The van der Waals surface area contributed by atoms with Crippen LogP contribution in [0.15, 0.2) is 47.6 Å². The molecule has 2 amide bonds. The molecule has 4 rings (SSSR count). The molecule has 0 spiro atoms. The van der Waals surface area contributed by atoms with Gasteiger partial charge in [-0.15, -0.1) is 0 Å². The summed E-state index contributed by atoms with van der Waals surface area (Å²) in [6.07, 6.45) is 6.61. The Morgan fingerprint density at radius 2 is 2.00 bits per heavy atom. The standard InChI is InChI=1S/C24H27Cl2N5O4S/c25-19-9-8-18(14-20(19)26)36(34,35)31-13-12-29-24(33)21(31)15-22(32)27-10-2-1-5-17-7-6-16-4-3-11-28-23(16)30-17/h6-9,12-14,21H,1-5,10-11,15H2,(H,27,32)(H,28,30)(H,29,33)/t21-/m1/s1. The largest absolute Gasteiger partial charge is 0.370 e. The normalized spacial score (nSPS) is 17.2. The summed E-state index contributed by atoms with van der Waals surface area (Å²) in [5, 5.41) is 8.84. The highest BCUT2D eigenvalue weighted by Crippen LogP contribution is 2.28. The number of aromatic nitrogens is 1. The lowest BCUT2D eigenvalue weighted by Crippen LogP contribution is -2.51. The van der Waals surface area contributed by atoms with Gasteiger partial charge in [0.05, 0.1) is 21.4 Å². The van der Waals surface area contributed by atoms with Crippen LogP contribution in [-0.4, -0.2) is 48.7 Å². The third-order valence-corrected chi connectivity index (χ3v) is 8.56. The van der Waals surface area contributed by atoms with E-state index >= 15 is 0 Å². The molecular formula is C24H27Cl2N5O4S. The molecule has 0 aliphatic carbocycles. The SMILES string of the molecule is O=C(C[C@@H]1C(=O)NC=CN1S(=O)(=O)c1ccc(Cl)c(Cl)c1)NCCCCc1ccc2c(n1)NCCC2. The molecule has 9 nitrogen and oxygen atoms in total. The van der Waals surface area contributed by atoms with Crippen LogP contribution in [0.5, 0.6) is 0 Å². The predicted molar refractivity (Wildman–Crippen MR) is 138 cm³/mol. The first-order valence-electron chi connectivity index (χ1n) is 11.7. The molecule has 1 atom stereocenters. The molecule has 2 aliphatic rings. The topological polar surface area (TPSA) is 121 Å². The molecule has 3 N–H and O–H groups in total. The minimum atomic E-state index is -4.14. The van der Waals surface area contributed by atoms with Crippen molar-refractivity contribution in [1.29, 1.82) is 0 Å². The molecule has 1 aromatic heterocycles. The molecule has 0 unspecified atom stereocenters. The van der Waals surface area contributed by atoms with Gasteiger partial charge in [-0.1, -0.05) is 29.3 Å². The molecule has 3 heterocycles. The highest BCUT2D eigenvalue weighted by molar-refractivity contribution is 7.89. The van der Waals surface area contributed by atoms with Crippen molar-refractivity contribution >= 4 is 50.9 Å². The van der Waals surface area contributed by atoms with E-state index in [1.807, 2.05) is 6.07 Å². The van der Waals surface area contributed by atoms with Crippen LogP contribution in [0.4, 0.5) is 5.82 Å². The van der Waals surface area contributed by atoms with Crippen LogP contribution in [0.2, 0.25) is 10.0 Å². The lowest BCUT2D eigenvalue weighted by molar-refractivity contribution is -0.129. The van der Waals surface area contributed by atoms with Gasteiger partial charge in [0.15, 0.2) is 0 Å². The van der Waals surface area contributed by atoms with Crippen molar-refractivity contribution in [2.45, 2.75) is 49.5 Å². The Morgan fingerprint density at radius 1 is 1.17 bits per heavy atom. The molecule has 0 saturated carbocycles. The fourth-order valence-corrected chi connectivity index (χ4v) is 5.95. The summed E-state index contributed by atoms with van der Waals surface area (Å²) in [7, 11) is -4.14. The van der Waals surface area contributed by atoms with Crippen LogP contribution >= 0.6 is 23.2 Å². The number of nitrogens with zero attached hydrogens (tertiary/aromatic N) is 2. The smallest absolute Gasteiger partial charge is 0.264 e. The van der Waals surface area contributed by atoms with Gasteiger partial charge in [0.2, 0.25) is 11.8 Å². The van der Waals surface area contributed by atoms with Gasteiger partial charge in [0, 0.05) is 31.2 Å². The number of halogens is 2. The van der Waals surface area contributed by atoms with Gasteiger partial charge in [-0.25, -0.2) is 13.4 Å². The number of hydrogen-bond donors (Lipinski definition) is 3. The molecule has 0 radical (unpaired) electrons. The number of unbranched alkanes of at least 4 members (excludes halogenated alkanes) is 1. The number of sulfonamides is 1. The summed E-state index contributed by atoms with van der Waals surface area (Å²) in [5.74, 6) is -0.0495. The zero-order chi connectivity index (χ0) is 25.7. The van der Waals surface area contributed by atoms with E-state index in [2.05, 4.69) is 27.0 Å². The average molecular weight is 552 g/mol. The van der Waals surface area contributed by atoms with E-state index in [1.165, 1.54) is 36.2 Å². The fourth-order valence-electron chi connectivity index (χ4n) is 4.11. The first-order valence-corrected chi connectivity index (χ1v) is 13.9. The van der Waals surface area contributed by atoms with Crippen LogP contribution in [0.1, 0.15) is 36.9 Å². The van der Waals surface area contributed by atoms with Gasteiger partial charge in [-0.3, -0.25) is 13.9 Å². The van der Waals surface area contributed by atoms with Gasteiger partial charge in [0.1, 0.15) is 11.9 Å². The second-order valence-electron chi connectivity index (χ2n) is 8.60. The van der Waals surface area contributed by atoms with Crippen molar-refractivity contribution in [3.8, 4) is 0 Å². The lowest BCUT2D eigenvalue weighted by atomic mass is 10.1. The summed E-state index contributed by atoms with van der Waals surface area (Å²) in [4.78, 5) is 29.6. The van der Waals surface area contributed by atoms with E-state index in [4.69, 9.17) is 23.2 Å². The number of benzene rings is 1. The Kier molecular flexibility index (Phi) is 8.38. The number of rotatable bonds is 9. The Morgan fingerprint density at radius 3 is 2.81 bits per heavy atom. The third kappa shape index (κ3) is 6.11. The molecule has 0 saturated heterocycles. The zero-order valence-corrected chi connectivity index (χ0v) is 21.8. The average Bonchev–Trinajstić information content (AvgIpc) is 2.86. The van der Waals surface area contributed by atoms with Crippen molar-refractivity contribution in [3.05, 3.63) is 64.0 Å². The van der Waals surface area contributed by atoms with Crippen LogP contribution < -0.4 is 16.0 Å². The molecule has 12 heteroatoms. The number of anilines is 1. The number of aryl methyl sites for hydroxylation is 2. The highest BCUT2D eigenvalue weighted by Gasteiger charge is 2.37. The fraction of sp³-hybridized carbons (Fsp3) is 0.375. The number of hydrogen-bond acceptors (Lipinski definition) is 6. The van der Waals surface area contributed by atoms with Crippen molar-refractivity contribution in [2.24, 2.45) is 0 Å². The second kappa shape index (κ2) is 11.5. The number of pyridine rings is 1. The number of fused-ring (bicyclic) bond motifs is 1. The van der Waals surface area contributed by atoms with Gasteiger partial charge in [0.25, 0.3) is 10.0 Å². The van der Waals surface area contributed by atoms with Crippen LogP contribution in [0.25, 0.3) is 0 Å². The maximum Gasteiger partial charge on any atom is 0.264 e. The van der Waals surface area contributed by atoms with Crippen molar-refractivity contribution in [3.63, 3.8) is 0 Å². The maximum atomic E-state index is 13.2. The summed E-state index contributed by atoms with van der Waals surface area (Å²) in [5.41, 5.74) is 2.25. The molecule has 0 bridgehead atoms. The third-order valence-electron chi connectivity index (χ3n) is 6.04. The van der Waals surface area contributed by atoms with E-state index in [-0.39, 0.29) is 21.4 Å².